The van der Waals surface area contributed by atoms with Crippen LogP contribution in [0.2, 0.25) is 0 Å². The molecule has 5 heteroatoms. The minimum atomic E-state index is 0.0975. The van der Waals surface area contributed by atoms with Gasteiger partial charge in [0.05, 0.1) is 19.8 Å². The van der Waals surface area contributed by atoms with Crippen LogP contribution in [0.4, 0.5) is 5.69 Å². The fourth-order valence-electron chi connectivity index (χ4n) is 1.93. The highest BCUT2D eigenvalue weighted by molar-refractivity contribution is 5.81. The van der Waals surface area contributed by atoms with Crippen LogP contribution in [0.25, 0.3) is 0 Å². The molecule has 0 aliphatic carbocycles. The molecular formula is C15H20N2O3. The number of rotatable bonds is 6. The molecule has 0 saturated carbocycles. The first-order valence-corrected chi connectivity index (χ1v) is 6.73. The normalized spacial score (nSPS) is 14.7. The second-order valence-electron chi connectivity index (χ2n) is 4.47. The summed E-state index contributed by atoms with van der Waals surface area (Å²) in [4.78, 5) is 13.8. The number of carbonyl (C=O) groups excluding carboxylic acids is 1. The minimum Gasteiger partial charge on any atom is -0.490 e. The van der Waals surface area contributed by atoms with E-state index < -0.39 is 0 Å². The Kier molecular flexibility index (Phi) is 5.43. The third-order valence-electron chi connectivity index (χ3n) is 3.03. The van der Waals surface area contributed by atoms with Crippen molar-refractivity contribution in [2.75, 3.05) is 44.8 Å². The number of amides is 1. The molecule has 1 aliphatic rings. The van der Waals surface area contributed by atoms with Gasteiger partial charge in [0.15, 0.2) is 0 Å². The van der Waals surface area contributed by atoms with Gasteiger partial charge in [-0.2, -0.15) is 0 Å². The Bertz CT molecular complexity index is 439. The van der Waals surface area contributed by atoms with Gasteiger partial charge in [-0.1, -0.05) is 12.7 Å². The number of carbonyl (C=O) groups is 1. The van der Waals surface area contributed by atoms with Crippen LogP contribution in [0, 0.1) is 0 Å². The maximum absolute atomic E-state index is 12.0. The van der Waals surface area contributed by atoms with Gasteiger partial charge >= 0.3 is 0 Å². The first-order valence-electron chi connectivity index (χ1n) is 6.73. The van der Waals surface area contributed by atoms with Gasteiger partial charge in [-0.15, -0.1) is 0 Å². The third kappa shape index (κ3) is 4.28. The standard InChI is InChI=1S/C15H20N2O3/c1-2-9-20-14-5-3-13(4-6-14)16-12-15(18)17-7-10-19-11-8-17/h2-6,16H,1,7-12H2. The molecule has 0 aromatic heterocycles. The van der Waals surface area contributed by atoms with Crippen molar-refractivity contribution in [1.29, 1.82) is 0 Å². The van der Waals surface area contributed by atoms with Crippen molar-refractivity contribution >= 4 is 11.6 Å². The second kappa shape index (κ2) is 7.55. The van der Waals surface area contributed by atoms with Gasteiger partial charge in [0.2, 0.25) is 5.91 Å². The van der Waals surface area contributed by atoms with E-state index in [0.29, 0.717) is 39.5 Å². The topological polar surface area (TPSA) is 50.8 Å². The van der Waals surface area contributed by atoms with E-state index in [9.17, 15) is 4.79 Å². The van der Waals surface area contributed by atoms with E-state index in [0.717, 1.165) is 11.4 Å². The molecular weight excluding hydrogens is 256 g/mol. The largest absolute Gasteiger partial charge is 0.490 e. The van der Waals surface area contributed by atoms with Crippen molar-refractivity contribution < 1.29 is 14.3 Å². The lowest BCUT2D eigenvalue weighted by molar-refractivity contribution is -0.133. The lowest BCUT2D eigenvalue weighted by Gasteiger charge is -2.27. The molecule has 1 aromatic rings. The van der Waals surface area contributed by atoms with Gasteiger partial charge in [0, 0.05) is 18.8 Å². The SMILES string of the molecule is C=CCOc1ccc(NCC(=O)N2CCOCC2)cc1. The first-order chi connectivity index (χ1) is 9.79. The number of hydrogen-bond donors (Lipinski definition) is 1. The third-order valence-corrected chi connectivity index (χ3v) is 3.03. The van der Waals surface area contributed by atoms with Crippen LogP contribution in [0.1, 0.15) is 0 Å². The summed E-state index contributed by atoms with van der Waals surface area (Å²) in [5.41, 5.74) is 0.901. The first kappa shape index (κ1) is 14.4. The van der Waals surface area contributed by atoms with Crippen LogP contribution in [-0.2, 0) is 9.53 Å². The van der Waals surface area contributed by atoms with Crippen molar-refractivity contribution in [1.82, 2.24) is 4.90 Å². The number of benzene rings is 1. The van der Waals surface area contributed by atoms with Crippen LogP contribution in [0.15, 0.2) is 36.9 Å². The summed E-state index contributed by atoms with van der Waals surface area (Å²) in [5, 5.41) is 3.12. The monoisotopic (exact) mass is 276 g/mol. The summed E-state index contributed by atoms with van der Waals surface area (Å²) in [6, 6.07) is 7.52. The average molecular weight is 276 g/mol. The lowest BCUT2D eigenvalue weighted by atomic mass is 10.3. The molecule has 1 heterocycles. The molecule has 1 aliphatic heterocycles. The van der Waals surface area contributed by atoms with Gasteiger partial charge in [-0.05, 0) is 24.3 Å². The fourth-order valence-corrected chi connectivity index (χ4v) is 1.93. The number of nitrogens with zero attached hydrogens (tertiary/aromatic N) is 1. The predicted octanol–water partition coefficient (Wildman–Crippen LogP) is 1.52. The highest BCUT2D eigenvalue weighted by atomic mass is 16.5. The number of ether oxygens (including phenoxy) is 2. The molecule has 2 rings (SSSR count). The summed E-state index contributed by atoms with van der Waals surface area (Å²) < 4.78 is 10.6. The number of hydrogen-bond acceptors (Lipinski definition) is 4. The van der Waals surface area contributed by atoms with E-state index in [1.54, 1.807) is 6.08 Å². The minimum absolute atomic E-state index is 0.0975. The average Bonchev–Trinajstić information content (AvgIpc) is 2.52. The number of morpholine rings is 1. The van der Waals surface area contributed by atoms with E-state index in [4.69, 9.17) is 9.47 Å². The Morgan fingerprint density at radius 2 is 2.05 bits per heavy atom. The van der Waals surface area contributed by atoms with Gasteiger partial charge in [0.25, 0.3) is 0 Å². The molecule has 1 N–H and O–H groups in total. The maximum atomic E-state index is 12.0. The Morgan fingerprint density at radius 3 is 2.70 bits per heavy atom. The molecule has 1 fully saturated rings. The Labute approximate surface area is 119 Å². The molecule has 0 atom stereocenters. The summed E-state index contributed by atoms with van der Waals surface area (Å²) in [6.07, 6.45) is 1.70. The predicted molar refractivity (Wildman–Crippen MR) is 78.0 cm³/mol. The quantitative estimate of drug-likeness (QED) is 0.800. The molecule has 108 valence electrons. The smallest absolute Gasteiger partial charge is 0.242 e. The number of nitrogens with one attached hydrogen (secondary N) is 1. The van der Waals surface area contributed by atoms with Crippen molar-refractivity contribution in [3.8, 4) is 5.75 Å². The molecule has 0 bridgehead atoms. The maximum Gasteiger partial charge on any atom is 0.242 e. The highest BCUT2D eigenvalue weighted by Crippen LogP contribution is 2.15. The Balaban J connectivity index is 1.78. The zero-order chi connectivity index (χ0) is 14.2. The van der Waals surface area contributed by atoms with Gasteiger partial charge < -0.3 is 19.7 Å². The van der Waals surface area contributed by atoms with E-state index in [-0.39, 0.29) is 5.91 Å². The van der Waals surface area contributed by atoms with Crippen molar-refractivity contribution in [3.05, 3.63) is 36.9 Å². The van der Waals surface area contributed by atoms with Crippen LogP contribution in [0.5, 0.6) is 5.75 Å². The summed E-state index contributed by atoms with van der Waals surface area (Å²) in [6.45, 7) is 6.99. The molecule has 1 amide bonds. The van der Waals surface area contributed by atoms with Crippen molar-refractivity contribution in [2.45, 2.75) is 0 Å². The summed E-state index contributed by atoms with van der Waals surface area (Å²) >= 11 is 0. The van der Waals surface area contributed by atoms with Gasteiger partial charge in [0.1, 0.15) is 12.4 Å². The van der Waals surface area contributed by atoms with Gasteiger partial charge in [-0.25, -0.2) is 0 Å². The zero-order valence-electron chi connectivity index (χ0n) is 11.5. The van der Waals surface area contributed by atoms with Gasteiger partial charge in [-0.3, -0.25) is 4.79 Å². The van der Waals surface area contributed by atoms with Crippen LogP contribution >= 0.6 is 0 Å². The molecule has 20 heavy (non-hydrogen) atoms. The van der Waals surface area contributed by atoms with E-state index in [2.05, 4.69) is 11.9 Å². The lowest BCUT2D eigenvalue weighted by Crippen LogP contribution is -2.43. The van der Waals surface area contributed by atoms with Crippen LogP contribution in [-0.4, -0.2) is 50.3 Å². The highest BCUT2D eigenvalue weighted by Gasteiger charge is 2.15. The molecule has 0 unspecified atom stereocenters. The zero-order valence-corrected chi connectivity index (χ0v) is 11.5. The molecule has 0 spiro atoms. The molecule has 0 radical (unpaired) electrons. The van der Waals surface area contributed by atoms with E-state index in [1.165, 1.54) is 0 Å². The molecule has 5 nitrogen and oxygen atoms in total. The van der Waals surface area contributed by atoms with Crippen LogP contribution < -0.4 is 10.1 Å². The summed E-state index contributed by atoms with van der Waals surface area (Å²) in [5.74, 6) is 0.884. The fraction of sp³-hybridized carbons (Fsp3) is 0.400. The van der Waals surface area contributed by atoms with Crippen molar-refractivity contribution in [3.63, 3.8) is 0 Å². The number of anilines is 1. The van der Waals surface area contributed by atoms with E-state index >= 15 is 0 Å². The molecule has 1 aromatic carbocycles. The van der Waals surface area contributed by atoms with Crippen LogP contribution in [0.3, 0.4) is 0 Å². The Hall–Kier alpha value is -2.01. The van der Waals surface area contributed by atoms with Crippen molar-refractivity contribution in [2.24, 2.45) is 0 Å². The van der Waals surface area contributed by atoms with E-state index in [1.807, 2.05) is 29.2 Å². The second-order valence-corrected chi connectivity index (χ2v) is 4.47. The molecule has 1 saturated heterocycles. The Morgan fingerprint density at radius 1 is 1.35 bits per heavy atom. The summed E-state index contributed by atoms with van der Waals surface area (Å²) in [7, 11) is 0.